The van der Waals surface area contributed by atoms with Crippen LogP contribution >= 0.6 is 0 Å². The van der Waals surface area contributed by atoms with Gasteiger partial charge in [-0.2, -0.15) is 0 Å². The largest absolute Gasteiger partial charge is 0.327 e. The predicted octanol–water partition coefficient (Wildman–Crippen LogP) is 3.93. The Balaban J connectivity index is 1.69. The van der Waals surface area contributed by atoms with Gasteiger partial charge in [-0.1, -0.05) is 20.3 Å². The Labute approximate surface area is 129 Å². The summed E-state index contributed by atoms with van der Waals surface area (Å²) >= 11 is 0. The van der Waals surface area contributed by atoms with Crippen LogP contribution in [0.5, 0.6) is 0 Å². The van der Waals surface area contributed by atoms with Crippen LogP contribution in [0.15, 0.2) is 0 Å². The van der Waals surface area contributed by atoms with E-state index in [0.29, 0.717) is 23.2 Å². The summed E-state index contributed by atoms with van der Waals surface area (Å²) < 4.78 is 0. The third-order valence-corrected chi connectivity index (χ3v) is 8.54. The van der Waals surface area contributed by atoms with Gasteiger partial charge in [0.15, 0.2) is 0 Å². The monoisotopic (exact) mass is 289 g/mol. The summed E-state index contributed by atoms with van der Waals surface area (Å²) in [6.45, 7) is 4.79. The van der Waals surface area contributed by atoms with Gasteiger partial charge >= 0.3 is 0 Å². The Morgan fingerprint density at radius 3 is 2.62 bits per heavy atom. The number of fused-ring (bicyclic) bond motifs is 5. The van der Waals surface area contributed by atoms with Gasteiger partial charge in [-0.3, -0.25) is 4.79 Å². The summed E-state index contributed by atoms with van der Waals surface area (Å²) in [7, 11) is 0. The van der Waals surface area contributed by atoms with E-state index in [2.05, 4.69) is 13.8 Å². The Morgan fingerprint density at radius 1 is 1.00 bits per heavy atom. The summed E-state index contributed by atoms with van der Waals surface area (Å²) in [5, 5.41) is 0. The minimum absolute atomic E-state index is 0.0170. The van der Waals surface area contributed by atoms with Crippen LogP contribution in [0.25, 0.3) is 0 Å². The molecule has 4 aliphatic rings. The summed E-state index contributed by atoms with van der Waals surface area (Å²) in [6, 6.07) is 0.394. The molecule has 0 saturated heterocycles. The van der Waals surface area contributed by atoms with Gasteiger partial charge in [0.2, 0.25) is 0 Å². The molecule has 0 bridgehead atoms. The molecule has 4 rings (SSSR count). The Bertz CT molecular complexity index is 460. The first-order valence-electron chi connectivity index (χ1n) is 9.27. The third-order valence-electron chi connectivity index (χ3n) is 8.54. The van der Waals surface area contributed by atoms with Crippen molar-refractivity contribution in [3.8, 4) is 0 Å². The van der Waals surface area contributed by atoms with Gasteiger partial charge in [-0.25, -0.2) is 0 Å². The van der Waals surface area contributed by atoms with E-state index in [1.54, 1.807) is 0 Å². The normalized spacial score (nSPS) is 56.5. The van der Waals surface area contributed by atoms with Crippen LogP contribution in [0.1, 0.15) is 71.6 Å². The maximum atomic E-state index is 12.4. The average molecular weight is 289 g/mol. The average Bonchev–Trinajstić information content (AvgIpc) is 2.76. The molecule has 4 aliphatic carbocycles. The fraction of sp³-hybridized carbons (Fsp3) is 0.947. The molecule has 0 aromatic rings. The van der Waals surface area contributed by atoms with Crippen molar-refractivity contribution in [1.82, 2.24) is 0 Å². The maximum Gasteiger partial charge on any atom is 0.139 e. The summed E-state index contributed by atoms with van der Waals surface area (Å²) in [5.41, 5.74) is 7.03. The number of Topliss-reactive ketones (excluding diaryl/α,β-unsaturated/α-hetero) is 1. The van der Waals surface area contributed by atoms with Gasteiger partial charge in [-0.05, 0) is 74.0 Å². The zero-order chi connectivity index (χ0) is 14.8. The number of nitrogens with two attached hydrogens (primary N) is 1. The number of hydrogen-bond acceptors (Lipinski definition) is 2. The standard InChI is InChI=1S/C19H31NO/c1-18-11-10-15-13(14(18)8-9-17(18)21)7-6-12-4-3-5-16(20)19(12,15)2/h12-16H,3-11,20H2,1-2H3/t12-,13+,14+,15+,16?,18+,19+/m1/s1. The third kappa shape index (κ3) is 1.72. The van der Waals surface area contributed by atoms with Crippen LogP contribution in [-0.2, 0) is 4.79 Å². The van der Waals surface area contributed by atoms with Gasteiger partial charge in [-0.15, -0.1) is 0 Å². The van der Waals surface area contributed by atoms with Gasteiger partial charge < -0.3 is 5.73 Å². The molecular formula is C19H31NO. The fourth-order valence-corrected chi connectivity index (χ4v) is 7.17. The highest BCUT2D eigenvalue weighted by Gasteiger charge is 2.61. The van der Waals surface area contributed by atoms with Crippen molar-refractivity contribution in [2.24, 2.45) is 40.2 Å². The lowest BCUT2D eigenvalue weighted by Gasteiger charge is -2.61. The summed E-state index contributed by atoms with van der Waals surface area (Å²) in [6.07, 6.45) is 11.1. The minimum atomic E-state index is 0.0170. The van der Waals surface area contributed by atoms with Crippen molar-refractivity contribution >= 4 is 5.78 Å². The molecule has 21 heavy (non-hydrogen) atoms. The topological polar surface area (TPSA) is 43.1 Å². The second-order valence-electron chi connectivity index (χ2n) is 8.97. The second kappa shape index (κ2) is 4.57. The molecule has 4 saturated carbocycles. The molecule has 2 nitrogen and oxygen atoms in total. The molecule has 7 atom stereocenters. The molecule has 0 aromatic carbocycles. The van der Waals surface area contributed by atoms with Gasteiger partial charge in [0.05, 0.1) is 0 Å². The second-order valence-corrected chi connectivity index (χ2v) is 8.97. The number of ketones is 1. The number of carbonyl (C=O) groups is 1. The first kappa shape index (κ1) is 14.2. The lowest BCUT2D eigenvalue weighted by Crippen LogP contribution is -2.59. The minimum Gasteiger partial charge on any atom is -0.327 e. The molecule has 0 heterocycles. The molecule has 2 heteroatoms. The van der Waals surface area contributed by atoms with Gasteiger partial charge in [0, 0.05) is 17.9 Å². The molecule has 0 radical (unpaired) electrons. The Hall–Kier alpha value is -0.370. The first-order valence-corrected chi connectivity index (χ1v) is 9.27. The van der Waals surface area contributed by atoms with Crippen molar-refractivity contribution in [2.45, 2.75) is 77.7 Å². The first-order chi connectivity index (χ1) is 9.98. The number of carbonyl (C=O) groups excluding carboxylic acids is 1. The van der Waals surface area contributed by atoms with E-state index in [-0.39, 0.29) is 5.41 Å². The Kier molecular flexibility index (Phi) is 3.10. The lowest BCUT2D eigenvalue weighted by atomic mass is 9.44. The van der Waals surface area contributed by atoms with E-state index < -0.39 is 0 Å². The molecule has 1 unspecified atom stereocenters. The summed E-state index contributed by atoms with van der Waals surface area (Å²) in [5.74, 6) is 3.64. The highest BCUT2D eigenvalue weighted by Crippen LogP contribution is 2.65. The highest BCUT2D eigenvalue weighted by atomic mass is 16.1. The van der Waals surface area contributed by atoms with Crippen LogP contribution in [0.3, 0.4) is 0 Å². The van der Waals surface area contributed by atoms with Crippen molar-refractivity contribution < 1.29 is 4.79 Å². The molecule has 0 aromatic heterocycles. The van der Waals surface area contributed by atoms with Crippen LogP contribution in [-0.4, -0.2) is 11.8 Å². The van der Waals surface area contributed by atoms with E-state index in [4.69, 9.17) is 5.73 Å². The Morgan fingerprint density at radius 2 is 1.81 bits per heavy atom. The zero-order valence-corrected chi connectivity index (χ0v) is 13.7. The van der Waals surface area contributed by atoms with Gasteiger partial charge in [0.25, 0.3) is 0 Å². The van der Waals surface area contributed by atoms with Crippen LogP contribution in [0, 0.1) is 34.5 Å². The summed E-state index contributed by atoms with van der Waals surface area (Å²) in [4.78, 5) is 12.4. The van der Waals surface area contributed by atoms with Gasteiger partial charge in [0.1, 0.15) is 5.78 Å². The van der Waals surface area contributed by atoms with Crippen molar-refractivity contribution in [3.05, 3.63) is 0 Å². The number of hydrogen-bond donors (Lipinski definition) is 1. The van der Waals surface area contributed by atoms with E-state index in [1.807, 2.05) is 0 Å². The van der Waals surface area contributed by atoms with E-state index in [9.17, 15) is 4.79 Å². The van der Waals surface area contributed by atoms with E-state index >= 15 is 0 Å². The SMILES string of the molecule is C[C@]12C(N)CCC[C@@H]1CC[C@@H]1[C@@H]2CC[C@]2(C)C(=O)CC[C@@H]12. The molecule has 0 spiro atoms. The van der Waals surface area contributed by atoms with Crippen molar-refractivity contribution in [2.75, 3.05) is 0 Å². The molecule has 4 fully saturated rings. The van der Waals surface area contributed by atoms with Crippen molar-refractivity contribution in [1.29, 1.82) is 0 Å². The molecule has 0 amide bonds. The zero-order valence-electron chi connectivity index (χ0n) is 13.7. The van der Waals surface area contributed by atoms with Crippen LogP contribution in [0.2, 0.25) is 0 Å². The molecule has 118 valence electrons. The van der Waals surface area contributed by atoms with Crippen molar-refractivity contribution in [3.63, 3.8) is 0 Å². The van der Waals surface area contributed by atoms with Crippen LogP contribution < -0.4 is 5.73 Å². The molecule has 2 N–H and O–H groups in total. The number of rotatable bonds is 0. The quantitative estimate of drug-likeness (QED) is 0.734. The predicted molar refractivity (Wildman–Crippen MR) is 84.7 cm³/mol. The van der Waals surface area contributed by atoms with E-state index in [0.717, 1.165) is 37.0 Å². The smallest absolute Gasteiger partial charge is 0.139 e. The molecule has 0 aliphatic heterocycles. The maximum absolute atomic E-state index is 12.4. The lowest BCUT2D eigenvalue weighted by molar-refractivity contribution is -0.140. The molecular weight excluding hydrogens is 258 g/mol. The van der Waals surface area contributed by atoms with E-state index in [1.165, 1.54) is 38.5 Å². The highest BCUT2D eigenvalue weighted by molar-refractivity contribution is 5.87. The fourth-order valence-electron chi connectivity index (χ4n) is 7.17. The van der Waals surface area contributed by atoms with Crippen LogP contribution in [0.4, 0.5) is 0 Å².